The summed E-state index contributed by atoms with van der Waals surface area (Å²) in [5, 5.41) is 5.46. The van der Waals surface area contributed by atoms with Gasteiger partial charge in [0.2, 0.25) is 0 Å². The number of thiophene rings is 1. The fourth-order valence-electron chi connectivity index (χ4n) is 2.90. The van der Waals surface area contributed by atoms with E-state index < -0.39 is 0 Å². The molecular formula is C18H17N3OS2. The summed E-state index contributed by atoms with van der Waals surface area (Å²) >= 11 is 3.06. The summed E-state index contributed by atoms with van der Waals surface area (Å²) < 4.78 is 0. The van der Waals surface area contributed by atoms with Gasteiger partial charge in [-0.05, 0) is 49.4 Å². The molecule has 0 unspecified atom stereocenters. The van der Waals surface area contributed by atoms with Crippen LogP contribution in [0.1, 0.15) is 39.4 Å². The summed E-state index contributed by atoms with van der Waals surface area (Å²) in [4.78, 5) is 23.4. The van der Waals surface area contributed by atoms with Gasteiger partial charge in [-0.2, -0.15) is 0 Å². The third kappa shape index (κ3) is 3.25. The van der Waals surface area contributed by atoms with Crippen LogP contribution in [-0.4, -0.2) is 15.9 Å². The maximum atomic E-state index is 12.5. The number of aromatic nitrogens is 2. The maximum absolute atomic E-state index is 12.5. The van der Waals surface area contributed by atoms with E-state index in [4.69, 9.17) is 0 Å². The SMILES string of the molecule is O=C(Nc1nc(-c2ccccn2)cs1)c1cc2c(s1)CCCCC2. The molecule has 0 saturated heterocycles. The molecule has 1 aliphatic rings. The highest BCUT2D eigenvalue weighted by atomic mass is 32.1. The minimum atomic E-state index is -0.0602. The molecule has 24 heavy (non-hydrogen) atoms. The Labute approximate surface area is 148 Å². The predicted octanol–water partition coefficient (Wildman–Crippen LogP) is 4.79. The number of nitrogens with one attached hydrogen (secondary N) is 1. The molecule has 0 aromatic carbocycles. The molecule has 122 valence electrons. The second-order valence-electron chi connectivity index (χ2n) is 5.83. The van der Waals surface area contributed by atoms with E-state index in [9.17, 15) is 4.79 Å². The third-order valence-electron chi connectivity index (χ3n) is 4.12. The number of rotatable bonds is 3. The summed E-state index contributed by atoms with van der Waals surface area (Å²) in [7, 11) is 0. The number of pyridine rings is 1. The molecule has 0 atom stereocenters. The van der Waals surface area contributed by atoms with Crippen LogP contribution in [0.3, 0.4) is 0 Å². The van der Waals surface area contributed by atoms with Gasteiger partial charge in [0.25, 0.3) is 5.91 Å². The first kappa shape index (κ1) is 15.5. The van der Waals surface area contributed by atoms with E-state index in [0.717, 1.165) is 29.1 Å². The van der Waals surface area contributed by atoms with Gasteiger partial charge < -0.3 is 0 Å². The van der Waals surface area contributed by atoms with Gasteiger partial charge >= 0.3 is 0 Å². The van der Waals surface area contributed by atoms with Crippen LogP contribution in [-0.2, 0) is 12.8 Å². The van der Waals surface area contributed by atoms with Crippen molar-refractivity contribution in [2.24, 2.45) is 0 Å². The highest BCUT2D eigenvalue weighted by Gasteiger charge is 2.17. The number of anilines is 1. The molecule has 0 spiro atoms. The minimum absolute atomic E-state index is 0.0602. The molecule has 6 heteroatoms. The average Bonchev–Trinajstić information content (AvgIpc) is 3.18. The molecule has 1 aliphatic carbocycles. The minimum Gasteiger partial charge on any atom is -0.297 e. The van der Waals surface area contributed by atoms with E-state index in [1.807, 2.05) is 23.6 Å². The number of aryl methyl sites for hydroxylation is 2. The van der Waals surface area contributed by atoms with Crippen molar-refractivity contribution in [1.29, 1.82) is 0 Å². The lowest BCUT2D eigenvalue weighted by atomic mass is 10.1. The van der Waals surface area contributed by atoms with Crippen LogP contribution in [0.25, 0.3) is 11.4 Å². The molecule has 3 aromatic rings. The van der Waals surface area contributed by atoms with E-state index in [0.29, 0.717) is 5.13 Å². The number of hydrogen-bond donors (Lipinski definition) is 1. The Hall–Kier alpha value is -2.05. The zero-order valence-electron chi connectivity index (χ0n) is 13.1. The van der Waals surface area contributed by atoms with Gasteiger partial charge in [-0.15, -0.1) is 22.7 Å². The van der Waals surface area contributed by atoms with E-state index >= 15 is 0 Å². The fraction of sp³-hybridized carbons (Fsp3) is 0.278. The number of nitrogens with zero attached hydrogens (tertiary/aromatic N) is 2. The van der Waals surface area contributed by atoms with Crippen LogP contribution in [0, 0.1) is 0 Å². The normalized spacial score (nSPS) is 14.0. The molecule has 3 aromatic heterocycles. The lowest BCUT2D eigenvalue weighted by molar-refractivity contribution is 0.103. The molecule has 4 nitrogen and oxygen atoms in total. The Balaban J connectivity index is 1.50. The lowest BCUT2D eigenvalue weighted by Gasteiger charge is -1.99. The van der Waals surface area contributed by atoms with Crippen LogP contribution >= 0.6 is 22.7 Å². The third-order valence-corrected chi connectivity index (χ3v) is 6.12. The first-order valence-corrected chi connectivity index (χ1v) is 9.79. The lowest BCUT2D eigenvalue weighted by Crippen LogP contribution is -2.09. The van der Waals surface area contributed by atoms with Crippen molar-refractivity contribution >= 4 is 33.7 Å². The van der Waals surface area contributed by atoms with Crippen LogP contribution in [0.4, 0.5) is 5.13 Å². The largest absolute Gasteiger partial charge is 0.297 e. The molecule has 0 bridgehead atoms. The summed E-state index contributed by atoms with van der Waals surface area (Å²) in [5.41, 5.74) is 2.96. The Morgan fingerprint density at radius 2 is 2.04 bits per heavy atom. The van der Waals surface area contributed by atoms with Gasteiger partial charge in [0.05, 0.1) is 10.6 Å². The van der Waals surface area contributed by atoms with Gasteiger partial charge in [-0.3, -0.25) is 15.1 Å². The summed E-state index contributed by atoms with van der Waals surface area (Å²) in [6, 6.07) is 7.78. The molecule has 0 radical (unpaired) electrons. The standard InChI is InChI=1S/C18H17N3OS2/c22-17(16-10-12-6-2-1-3-8-15(12)24-16)21-18-20-14(11-23-18)13-7-4-5-9-19-13/h4-5,7,9-11H,1-3,6,8H2,(H,20,21,22). The first-order chi connectivity index (χ1) is 11.8. The smallest absolute Gasteiger partial charge is 0.267 e. The summed E-state index contributed by atoms with van der Waals surface area (Å²) in [5.74, 6) is -0.0602. The second kappa shape index (κ2) is 6.83. The average molecular weight is 355 g/mol. The summed E-state index contributed by atoms with van der Waals surface area (Å²) in [6.45, 7) is 0. The highest BCUT2D eigenvalue weighted by Crippen LogP contribution is 2.30. The second-order valence-corrected chi connectivity index (χ2v) is 7.82. The fourth-order valence-corrected chi connectivity index (χ4v) is 4.75. The van der Waals surface area contributed by atoms with Crippen LogP contribution in [0.2, 0.25) is 0 Å². The van der Waals surface area contributed by atoms with E-state index in [-0.39, 0.29) is 5.91 Å². The zero-order chi connectivity index (χ0) is 16.4. The van der Waals surface area contributed by atoms with Crippen LogP contribution < -0.4 is 5.32 Å². The molecule has 1 N–H and O–H groups in total. The predicted molar refractivity (Wildman–Crippen MR) is 98.9 cm³/mol. The number of fused-ring (bicyclic) bond motifs is 1. The quantitative estimate of drug-likeness (QED) is 0.687. The monoisotopic (exact) mass is 355 g/mol. The van der Waals surface area contributed by atoms with Crippen LogP contribution in [0.5, 0.6) is 0 Å². The van der Waals surface area contributed by atoms with Crippen molar-refractivity contribution in [3.05, 3.63) is 51.2 Å². The maximum Gasteiger partial charge on any atom is 0.267 e. The van der Waals surface area contributed by atoms with Crippen molar-refractivity contribution in [1.82, 2.24) is 9.97 Å². The van der Waals surface area contributed by atoms with Crippen LogP contribution in [0.15, 0.2) is 35.8 Å². The Kier molecular flexibility index (Phi) is 4.40. The first-order valence-electron chi connectivity index (χ1n) is 8.09. The highest BCUT2D eigenvalue weighted by molar-refractivity contribution is 7.15. The molecule has 1 amide bonds. The van der Waals surface area contributed by atoms with Gasteiger partial charge in [0.15, 0.2) is 5.13 Å². The molecule has 3 heterocycles. The molecule has 0 saturated carbocycles. The molecule has 0 aliphatic heterocycles. The molecular weight excluding hydrogens is 338 g/mol. The number of hydrogen-bond acceptors (Lipinski definition) is 5. The van der Waals surface area contributed by atoms with E-state index in [2.05, 4.69) is 21.4 Å². The Morgan fingerprint density at radius 3 is 2.92 bits per heavy atom. The van der Waals surface area contributed by atoms with Gasteiger partial charge in [0.1, 0.15) is 5.69 Å². The van der Waals surface area contributed by atoms with Crippen molar-refractivity contribution < 1.29 is 4.79 Å². The van der Waals surface area contributed by atoms with E-state index in [1.54, 1.807) is 17.5 Å². The number of amides is 1. The number of carbonyl (C=O) groups excluding carboxylic acids is 1. The molecule has 0 fully saturated rings. The van der Waals surface area contributed by atoms with Crippen molar-refractivity contribution in [3.8, 4) is 11.4 Å². The summed E-state index contributed by atoms with van der Waals surface area (Å²) in [6.07, 6.45) is 7.69. The zero-order valence-corrected chi connectivity index (χ0v) is 14.8. The number of carbonyl (C=O) groups is 1. The van der Waals surface area contributed by atoms with Gasteiger partial charge in [-0.1, -0.05) is 12.5 Å². The Morgan fingerprint density at radius 1 is 1.12 bits per heavy atom. The van der Waals surface area contributed by atoms with Crippen molar-refractivity contribution in [2.45, 2.75) is 32.1 Å². The van der Waals surface area contributed by atoms with E-state index in [1.165, 1.54) is 41.0 Å². The number of thiazole rings is 1. The van der Waals surface area contributed by atoms with Gasteiger partial charge in [-0.25, -0.2) is 4.98 Å². The van der Waals surface area contributed by atoms with Gasteiger partial charge in [0, 0.05) is 16.5 Å². The Bertz CT molecular complexity index is 831. The topological polar surface area (TPSA) is 54.9 Å². The van der Waals surface area contributed by atoms with Crippen molar-refractivity contribution in [3.63, 3.8) is 0 Å². The van der Waals surface area contributed by atoms with Crippen molar-refractivity contribution in [2.75, 3.05) is 5.32 Å². The molecule has 4 rings (SSSR count).